The fraction of sp³-hybridized carbons (Fsp3) is 0.824. The van der Waals surface area contributed by atoms with E-state index in [1.54, 1.807) is 41.5 Å². The standard InChI is InChI=1S/C17H33N3O4/c1-11(2)19-13(21)12(20-14(22)16(3,4)5)9-10-18-15(23)24-17(6,7)8/h11-12H,9-10H2,1-8H3,(H,18,23)(H,19,21)(H,20,22). The molecule has 0 aliphatic rings. The van der Waals surface area contributed by atoms with Crippen LogP contribution in [-0.2, 0) is 14.3 Å². The number of carbonyl (C=O) groups excluding carboxylic acids is 3. The van der Waals surface area contributed by atoms with Crippen LogP contribution in [0.4, 0.5) is 4.79 Å². The maximum Gasteiger partial charge on any atom is 0.407 e. The van der Waals surface area contributed by atoms with Gasteiger partial charge in [0.25, 0.3) is 0 Å². The number of alkyl carbamates (subject to hydrolysis) is 1. The Labute approximate surface area is 145 Å². The largest absolute Gasteiger partial charge is 0.444 e. The van der Waals surface area contributed by atoms with Crippen LogP contribution in [0, 0.1) is 5.41 Å². The highest BCUT2D eigenvalue weighted by atomic mass is 16.6. The average molecular weight is 343 g/mol. The van der Waals surface area contributed by atoms with Crippen molar-refractivity contribution in [2.75, 3.05) is 6.54 Å². The van der Waals surface area contributed by atoms with Gasteiger partial charge in [0.2, 0.25) is 11.8 Å². The second kappa shape index (κ2) is 8.89. The lowest BCUT2D eigenvalue weighted by atomic mass is 9.95. The first-order valence-electron chi connectivity index (χ1n) is 8.30. The van der Waals surface area contributed by atoms with E-state index in [0.29, 0.717) is 0 Å². The van der Waals surface area contributed by atoms with Gasteiger partial charge in [-0.1, -0.05) is 20.8 Å². The van der Waals surface area contributed by atoms with E-state index >= 15 is 0 Å². The van der Waals surface area contributed by atoms with Crippen molar-refractivity contribution in [3.05, 3.63) is 0 Å². The van der Waals surface area contributed by atoms with Gasteiger partial charge in [-0.15, -0.1) is 0 Å². The summed E-state index contributed by atoms with van der Waals surface area (Å²) >= 11 is 0. The van der Waals surface area contributed by atoms with Crippen molar-refractivity contribution in [1.29, 1.82) is 0 Å². The summed E-state index contributed by atoms with van der Waals surface area (Å²) < 4.78 is 5.14. The molecule has 0 aromatic heterocycles. The van der Waals surface area contributed by atoms with E-state index in [0.717, 1.165) is 0 Å². The highest BCUT2D eigenvalue weighted by Gasteiger charge is 2.28. The Balaban J connectivity index is 4.69. The maximum atomic E-state index is 12.3. The van der Waals surface area contributed by atoms with E-state index in [9.17, 15) is 14.4 Å². The van der Waals surface area contributed by atoms with Crippen LogP contribution in [0.2, 0.25) is 0 Å². The summed E-state index contributed by atoms with van der Waals surface area (Å²) in [6, 6.07) is -0.751. The second-order valence-corrected chi connectivity index (χ2v) is 8.16. The molecule has 0 saturated heterocycles. The van der Waals surface area contributed by atoms with Gasteiger partial charge in [-0.3, -0.25) is 9.59 Å². The molecule has 24 heavy (non-hydrogen) atoms. The first-order chi connectivity index (χ1) is 10.7. The number of ether oxygens (including phenoxy) is 1. The molecule has 0 aromatic carbocycles. The number of amides is 3. The van der Waals surface area contributed by atoms with Crippen LogP contribution in [0.15, 0.2) is 0 Å². The van der Waals surface area contributed by atoms with Gasteiger partial charge in [-0.25, -0.2) is 4.79 Å². The maximum absolute atomic E-state index is 12.3. The summed E-state index contributed by atoms with van der Waals surface area (Å²) in [5.74, 6) is -0.489. The molecular weight excluding hydrogens is 310 g/mol. The molecule has 0 aliphatic carbocycles. The van der Waals surface area contributed by atoms with E-state index in [4.69, 9.17) is 4.74 Å². The zero-order valence-corrected chi connectivity index (χ0v) is 16.2. The van der Waals surface area contributed by atoms with Crippen molar-refractivity contribution in [3.63, 3.8) is 0 Å². The molecule has 0 spiro atoms. The first kappa shape index (κ1) is 22.2. The van der Waals surface area contributed by atoms with Crippen molar-refractivity contribution >= 4 is 17.9 Å². The third-order valence-electron chi connectivity index (χ3n) is 2.84. The molecule has 1 atom stereocenters. The van der Waals surface area contributed by atoms with Crippen molar-refractivity contribution in [2.24, 2.45) is 5.41 Å². The van der Waals surface area contributed by atoms with Crippen LogP contribution in [0.1, 0.15) is 61.8 Å². The summed E-state index contributed by atoms with van der Waals surface area (Å²) in [7, 11) is 0. The molecule has 0 radical (unpaired) electrons. The van der Waals surface area contributed by atoms with Crippen LogP contribution in [0.25, 0.3) is 0 Å². The quantitative estimate of drug-likeness (QED) is 0.687. The van der Waals surface area contributed by atoms with Gasteiger partial charge in [0.1, 0.15) is 11.6 Å². The van der Waals surface area contributed by atoms with Crippen molar-refractivity contribution in [2.45, 2.75) is 79.5 Å². The lowest BCUT2D eigenvalue weighted by molar-refractivity contribution is -0.133. The Bertz CT molecular complexity index is 448. The predicted molar refractivity (Wildman–Crippen MR) is 93.5 cm³/mol. The van der Waals surface area contributed by atoms with Gasteiger partial charge >= 0.3 is 6.09 Å². The lowest BCUT2D eigenvalue weighted by Crippen LogP contribution is -2.52. The molecule has 0 aliphatic heterocycles. The van der Waals surface area contributed by atoms with Gasteiger partial charge in [0.15, 0.2) is 0 Å². The van der Waals surface area contributed by atoms with Crippen LogP contribution < -0.4 is 16.0 Å². The zero-order valence-electron chi connectivity index (χ0n) is 16.2. The van der Waals surface area contributed by atoms with Crippen molar-refractivity contribution in [1.82, 2.24) is 16.0 Å². The van der Waals surface area contributed by atoms with Crippen molar-refractivity contribution < 1.29 is 19.1 Å². The highest BCUT2D eigenvalue weighted by Crippen LogP contribution is 2.13. The molecule has 0 saturated carbocycles. The van der Waals surface area contributed by atoms with Crippen LogP contribution >= 0.6 is 0 Å². The fourth-order valence-corrected chi connectivity index (χ4v) is 1.66. The number of nitrogens with one attached hydrogen (secondary N) is 3. The molecule has 0 aromatic rings. The van der Waals surface area contributed by atoms with E-state index in [1.807, 2.05) is 13.8 Å². The minimum atomic E-state index is -0.714. The Hall–Kier alpha value is -1.79. The van der Waals surface area contributed by atoms with E-state index in [1.165, 1.54) is 0 Å². The number of carbonyl (C=O) groups is 3. The average Bonchev–Trinajstić information content (AvgIpc) is 2.32. The molecule has 1 unspecified atom stereocenters. The van der Waals surface area contributed by atoms with E-state index in [2.05, 4.69) is 16.0 Å². The smallest absolute Gasteiger partial charge is 0.407 e. The molecule has 7 heteroatoms. The zero-order chi connectivity index (χ0) is 19.1. The summed E-state index contributed by atoms with van der Waals surface area (Å²) in [5, 5.41) is 8.12. The summed E-state index contributed by atoms with van der Waals surface area (Å²) in [4.78, 5) is 36.0. The van der Waals surface area contributed by atoms with Gasteiger partial charge in [-0.05, 0) is 41.0 Å². The topological polar surface area (TPSA) is 96.5 Å². The minimum Gasteiger partial charge on any atom is -0.444 e. The third kappa shape index (κ3) is 10.1. The van der Waals surface area contributed by atoms with Crippen LogP contribution in [0.5, 0.6) is 0 Å². The van der Waals surface area contributed by atoms with Gasteiger partial charge < -0.3 is 20.7 Å². The highest BCUT2D eigenvalue weighted by molar-refractivity contribution is 5.89. The van der Waals surface area contributed by atoms with Gasteiger partial charge in [0, 0.05) is 18.0 Å². The molecule has 0 fully saturated rings. The summed E-state index contributed by atoms with van der Waals surface area (Å²) in [6.07, 6.45) is -0.271. The van der Waals surface area contributed by atoms with Crippen LogP contribution in [0.3, 0.4) is 0 Å². The summed E-state index contributed by atoms with van der Waals surface area (Å²) in [6.45, 7) is 14.6. The molecule has 140 valence electrons. The Morgan fingerprint density at radius 2 is 1.50 bits per heavy atom. The number of hydrogen-bond acceptors (Lipinski definition) is 4. The van der Waals surface area contributed by atoms with E-state index < -0.39 is 23.2 Å². The van der Waals surface area contributed by atoms with Crippen LogP contribution in [-0.4, -0.2) is 42.1 Å². The number of rotatable bonds is 6. The normalized spacial score (nSPS) is 13.2. The van der Waals surface area contributed by atoms with E-state index in [-0.39, 0.29) is 30.8 Å². The Morgan fingerprint density at radius 3 is 1.92 bits per heavy atom. The first-order valence-corrected chi connectivity index (χ1v) is 8.30. The second-order valence-electron chi connectivity index (χ2n) is 8.16. The Kier molecular flexibility index (Phi) is 8.23. The fourth-order valence-electron chi connectivity index (χ4n) is 1.66. The molecular formula is C17H33N3O4. The monoisotopic (exact) mass is 343 g/mol. The third-order valence-corrected chi connectivity index (χ3v) is 2.84. The lowest BCUT2D eigenvalue weighted by Gasteiger charge is -2.25. The SMILES string of the molecule is CC(C)NC(=O)C(CCNC(=O)OC(C)(C)C)NC(=O)C(C)(C)C. The molecule has 3 N–H and O–H groups in total. The molecule has 7 nitrogen and oxygen atoms in total. The molecule has 0 bridgehead atoms. The molecule has 0 heterocycles. The Morgan fingerprint density at radius 1 is 0.958 bits per heavy atom. The summed E-state index contributed by atoms with van der Waals surface area (Å²) in [5.41, 5.74) is -1.19. The number of hydrogen-bond donors (Lipinski definition) is 3. The van der Waals surface area contributed by atoms with Gasteiger partial charge in [-0.2, -0.15) is 0 Å². The molecule has 3 amide bonds. The van der Waals surface area contributed by atoms with Crippen molar-refractivity contribution in [3.8, 4) is 0 Å². The minimum absolute atomic E-state index is 0.0367. The molecule has 0 rings (SSSR count). The van der Waals surface area contributed by atoms with Gasteiger partial charge in [0.05, 0.1) is 0 Å². The predicted octanol–water partition coefficient (Wildman–Crippen LogP) is 1.96.